The van der Waals surface area contributed by atoms with Gasteiger partial charge < -0.3 is 20.1 Å². The third-order valence-corrected chi connectivity index (χ3v) is 4.65. The van der Waals surface area contributed by atoms with E-state index in [1.54, 1.807) is 0 Å². The molecule has 1 heterocycles. The summed E-state index contributed by atoms with van der Waals surface area (Å²) >= 11 is 0. The first-order valence-electron chi connectivity index (χ1n) is 8.77. The van der Waals surface area contributed by atoms with Crippen LogP contribution in [0.2, 0.25) is 0 Å². The highest BCUT2D eigenvalue weighted by molar-refractivity contribution is 5.83. The second-order valence-corrected chi connectivity index (χ2v) is 6.44. The van der Waals surface area contributed by atoms with Crippen molar-refractivity contribution in [1.82, 2.24) is 5.32 Å². The quantitative estimate of drug-likeness (QED) is 0.795. The maximum absolute atomic E-state index is 12.3. The van der Waals surface area contributed by atoms with Crippen LogP contribution in [0, 0.1) is 5.92 Å². The third kappa shape index (κ3) is 3.71. The van der Waals surface area contributed by atoms with Crippen LogP contribution in [0.4, 0.5) is 5.69 Å². The summed E-state index contributed by atoms with van der Waals surface area (Å²) in [6.07, 6.45) is 0.900. The minimum absolute atomic E-state index is 0.0688. The number of carbonyl (C=O) groups excluding carboxylic acids is 1. The Morgan fingerprint density at radius 1 is 1.00 bits per heavy atom. The molecule has 2 N–H and O–H groups in total. The lowest BCUT2D eigenvalue weighted by atomic mass is 10.1. The Morgan fingerprint density at radius 3 is 2.64 bits per heavy atom. The van der Waals surface area contributed by atoms with Gasteiger partial charge in [-0.2, -0.15) is 0 Å². The first-order valence-corrected chi connectivity index (χ1v) is 8.77. The van der Waals surface area contributed by atoms with E-state index in [0.717, 1.165) is 35.7 Å². The van der Waals surface area contributed by atoms with Crippen molar-refractivity contribution in [3.8, 4) is 11.5 Å². The van der Waals surface area contributed by atoms with Crippen molar-refractivity contribution >= 4 is 11.6 Å². The summed E-state index contributed by atoms with van der Waals surface area (Å²) in [5.41, 5.74) is 2.23. The number of fused-ring (bicyclic) bond motifs is 1. The summed E-state index contributed by atoms with van der Waals surface area (Å²) < 4.78 is 11.2. The molecule has 0 radical (unpaired) electrons. The van der Waals surface area contributed by atoms with Crippen LogP contribution >= 0.6 is 0 Å². The highest BCUT2D eigenvalue weighted by atomic mass is 16.6. The van der Waals surface area contributed by atoms with E-state index in [2.05, 4.69) is 10.6 Å². The summed E-state index contributed by atoms with van der Waals surface area (Å²) in [5, 5.41) is 6.31. The smallest absolute Gasteiger partial charge is 0.223 e. The fourth-order valence-electron chi connectivity index (χ4n) is 3.22. The first kappa shape index (κ1) is 15.8. The minimum Gasteiger partial charge on any atom is -0.486 e. The summed E-state index contributed by atoms with van der Waals surface area (Å²) in [7, 11) is 0. The van der Waals surface area contributed by atoms with Crippen molar-refractivity contribution < 1.29 is 14.3 Å². The van der Waals surface area contributed by atoms with Crippen LogP contribution < -0.4 is 20.1 Å². The standard InChI is InChI=1S/C20H22N2O3/c23-20(22-9-8-21-15-4-2-1-3-5-15)17-13-16(17)14-6-7-18-19(12-14)25-11-10-24-18/h1-7,12,16-17,21H,8-11,13H2,(H,22,23)/t16-,17+/m1/s1. The Balaban J connectivity index is 1.24. The highest BCUT2D eigenvalue weighted by Crippen LogP contribution is 2.49. The molecule has 2 aromatic carbocycles. The van der Waals surface area contributed by atoms with Crippen LogP contribution in [0.3, 0.4) is 0 Å². The van der Waals surface area contributed by atoms with Gasteiger partial charge in [0.1, 0.15) is 13.2 Å². The van der Waals surface area contributed by atoms with Crippen LogP contribution in [0.5, 0.6) is 11.5 Å². The number of carbonyl (C=O) groups is 1. The fourth-order valence-corrected chi connectivity index (χ4v) is 3.22. The second kappa shape index (κ2) is 7.05. The van der Waals surface area contributed by atoms with Crippen LogP contribution in [0.25, 0.3) is 0 Å². The molecule has 2 aromatic rings. The molecule has 5 nitrogen and oxygen atoms in total. The van der Waals surface area contributed by atoms with Gasteiger partial charge in [-0.15, -0.1) is 0 Å². The molecule has 2 atom stereocenters. The van der Waals surface area contributed by atoms with Crippen LogP contribution in [0.15, 0.2) is 48.5 Å². The highest BCUT2D eigenvalue weighted by Gasteiger charge is 2.44. The van der Waals surface area contributed by atoms with E-state index in [-0.39, 0.29) is 17.7 Å². The normalized spacial score (nSPS) is 20.6. The molecular weight excluding hydrogens is 316 g/mol. The van der Waals surface area contributed by atoms with Crippen LogP contribution in [-0.2, 0) is 4.79 Å². The summed E-state index contributed by atoms with van der Waals surface area (Å²) in [6.45, 7) is 2.52. The molecule has 0 saturated heterocycles. The number of amides is 1. The Kier molecular flexibility index (Phi) is 4.46. The number of ether oxygens (including phenoxy) is 2. The Hall–Kier alpha value is -2.69. The topological polar surface area (TPSA) is 59.6 Å². The molecule has 0 spiro atoms. The van der Waals surface area contributed by atoms with Gasteiger partial charge in [-0.1, -0.05) is 24.3 Å². The lowest BCUT2D eigenvalue weighted by molar-refractivity contribution is -0.122. The van der Waals surface area contributed by atoms with E-state index in [0.29, 0.717) is 19.8 Å². The Labute approximate surface area is 147 Å². The first-order chi connectivity index (χ1) is 12.3. The average Bonchev–Trinajstić information content (AvgIpc) is 3.46. The maximum Gasteiger partial charge on any atom is 0.223 e. The van der Waals surface area contributed by atoms with E-state index < -0.39 is 0 Å². The van der Waals surface area contributed by atoms with Gasteiger partial charge in [-0.3, -0.25) is 4.79 Å². The SMILES string of the molecule is O=C(NCCNc1ccccc1)[C@H]1C[C@@H]1c1ccc2c(c1)OCCO2. The van der Waals surface area contributed by atoms with Crippen molar-refractivity contribution in [3.05, 3.63) is 54.1 Å². The maximum atomic E-state index is 12.3. The molecule has 4 rings (SSSR count). The zero-order valence-corrected chi connectivity index (χ0v) is 14.0. The largest absolute Gasteiger partial charge is 0.486 e. The van der Waals surface area contributed by atoms with Gasteiger partial charge in [-0.25, -0.2) is 0 Å². The van der Waals surface area contributed by atoms with Crippen molar-refractivity contribution in [2.75, 3.05) is 31.6 Å². The fraction of sp³-hybridized carbons (Fsp3) is 0.350. The molecule has 130 valence electrons. The predicted molar refractivity (Wildman–Crippen MR) is 96.2 cm³/mol. The number of rotatable bonds is 6. The number of hydrogen-bond acceptors (Lipinski definition) is 4. The van der Waals surface area contributed by atoms with Crippen molar-refractivity contribution in [1.29, 1.82) is 0 Å². The van der Waals surface area contributed by atoms with Gasteiger partial charge in [0.15, 0.2) is 11.5 Å². The zero-order chi connectivity index (χ0) is 17.1. The number of anilines is 1. The molecule has 0 unspecified atom stereocenters. The number of hydrogen-bond donors (Lipinski definition) is 2. The summed E-state index contributed by atoms with van der Waals surface area (Å²) in [4.78, 5) is 12.3. The van der Waals surface area contributed by atoms with Gasteiger partial charge in [0.05, 0.1) is 0 Å². The van der Waals surface area contributed by atoms with Gasteiger partial charge in [0.25, 0.3) is 0 Å². The zero-order valence-electron chi connectivity index (χ0n) is 14.0. The molecular formula is C20H22N2O3. The molecule has 1 amide bonds. The molecule has 1 aliphatic carbocycles. The summed E-state index contributed by atoms with van der Waals surface area (Å²) in [5.74, 6) is 2.08. The molecule has 1 saturated carbocycles. The molecule has 1 aliphatic heterocycles. The molecule has 0 bridgehead atoms. The van der Waals surface area contributed by atoms with E-state index in [1.165, 1.54) is 0 Å². The number of nitrogens with one attached hydrogen (secondary N) is 2. The van der Waals surface area contributed by atoms with E-state index >= 15 is 0 Å². The van der Waals surface area contributed by atoms with Gasteiger partial charge in [0.2, 0.25) is 5.91 Å². The van der Waals surface area contributed by atoms with Gasteiger partial charge in [-0.05, 0) is 42.2 Å². The van der Waals surface area contributed by atoms with Gasteiger partial charge in [0, 0.05) is 24.7 Å². The lowest BCUT2D eigenvalue weighted by Gasteiger charge is -2.18. The monoisotopic (exact) mass is 338 g/mol. The van der Waals surface area contributed by atoms with Crippen molar-refractivity contribution in [3.63, 3.8) is 0 Å². The molecule has 25 heavy (non-hydrogen) atoms. The van der Waals surface area contributed by atoms with E-state index in [9.17, 15) is 4.79 Å². The second-order valence-electron chi connectivity index (χ2n) is 6.44. The predicted octanol–water partition coefficient (Wildman–Crippen LogP) is 2.79. The molecule has 0 aromatic heterocycles. The minimum atomic E-state index is 0.0688. The summed E-state index contributed by atoms with van der Waals surface area (Å²) in [6, 6.07) is 16.0. The number of benzene rings is 2. The van der Waals surface area contributed by atoms with Crippen molar-refractivity contribution in [2.45, 2.75) is 12.3 Å². The van der Waals surface area contributed by atoms with E-state index in [1.807, 2.05) is 48.5 Å². The lowest BCUT2D eigenvalue weighted by Crippen LogP contribution is -2.30. The number of para-hydroxylation sites is 1. The Bertz CT molecular complexity index is 748. The van der Waals surface area contributed by atoms with E-state index in [4.69, 9.17) is 9.47 Å². The van der Waals surface area contributed by atoms with Crippen LogP contribution in [0.1, 0.15) is 17.9 Å². The Morgan fingerprint density at radius 2 is 1.80 bits per heavy atom. The molecule has 5 heteroatoms. The van der Waals surface area contributed by atoms with Crippen LogP contribution in [-0.4, -0.2) is 32.2 Å². The third-order valence-electron chi connectivity index (χ3n) is 4.65. The van der Waals surface area contributed by atoms with Gasteiger partial charge >= 0.3 is 0 Å². The molecule has 2 aliphatic rings. The average molecular weight is 338 g/mol. The van der Waals surface area contributed by atoms with Crippen molar-refractivity contribution in [2.24, 2.45) is 5.92 Å². The molecule has 1 fully saturated rings.